The summed E-state index contributed by atoms with van der Waals surface area (Å²) in [5, 5.41) is 2.74. The average molecular weight is 382 g/mol. The van der Waals surface area contributed by atoms with Crippen LogP contribution in [0, 0.1) is 5.92 Å². The quantitative estimate of drug-likeness (QED) is 0.769. The van der Waals surface area contributed by atoms with Gasteiger partial charge >= 0.3 is 6.09 Å². The third-order valence-electron chi connectivity index (χ3n) is 5.68. The van der Waals surface area contributed by atoms with Crippen molar-refractivity contribution in [1.82, 2.24) is 10.2 Å². The molecule has 1 N–H and O–H groups in total. The first-order valence-electron chi connectivity index (χ1n) is 10.0. The molecule has 0 spiro atoms. The summed E-state index contributed by atoms with van der Waals surface area (Å²) in [7, 11) is 0. The maximum atomic E-state index is 12.8. The van der Waals surface area contributed by atoms with Crippen LogP contribution in [0.2, 0.25) is 0 Å². The smallest absolute Gasteiger partial charge is 0.410 e. The van der Waals surface area contributed by atoms with Gasteiger partial charge in [-0.15, -0.1) is 0 Å². The van der Waals surface area contributed by atoms with Gasteiger partial charge in [-0.05, 0) is 19.3 Å². The molecule has 152 valence electrons. The van der Waals surface area contributed by atoms with Gasteiger partial charge in [0.25, 0.3) is 5.91 Å². The number of hydrogen-bond acceptors (Lipinski definition) is 6. The molecule has 0 aromatic rings. The molecule has 1 unspecified atom stereocenters. The molecule has 0 bridgehead atoms. The van der Waals surface area contributed by atoms with E-state index in [0.29, 0.717) is 38.6 Å². The highest BCUT2D eigenvalue weighted by Crippen LogP contribution is 2.28. The Kier molecular flexibility index (Phi) is 7.07. The second-order valence-electron chi connectivity index (χ2n) is 7.68. The van der Waals surface area contributed by atoms with Crippen LogP contribution < -0.4 is 5.32 Å². The number of morpholine rings is 1. The Balaban J connectivity index is 1.63. The zero-order valence-electron chi connectivity index (χ0n) is 16.0. The van der Waals surface area contributed by atoms with Crippen LogP contribution in [0.4, 0.5) is 4.79 Å². The predicted molar refractivity (Wildman–Crippen MR) is 96.2 cm³/mol. The van der Waals surface area contributed by atoms with Gasteiger partial charge in [-0.3, -0.25) is 9.59 Å². The van der Waals surface area contributed by atoms with Crippen molar-refractivity contribution in [3.8, 4) is 0 Å². The molecule has 3 atom stereocenters. The van der Waals surface area contributed by atoms with Crippen molar-refractivity contribution in [3.63, 3.8) is 0 Å². The standard InChI is InChI=1S/C19H30N2O6/c1-13-17(15(22)12-26-13)20-18(23)16(11-14-5-3-2-4-6-14)27-19(24)21-7-9-25-10-8-21/h13-14,16-17H,2-12H2,1H3,(H,20,23)/t13-,16?,17+/m1/s1. The summed E-state index contributed by atoms with van der Waals surface area (Å²) in [6.45, 7) is 3.63. The van der Waals surface area contributed by atoms with Crippen molar-refractivity contribution in [1.29, 1.82) is 0 Å². The van der Waals surface area contributed by atoms with Gasteiger partial charge in [0.15, 0.2) is 11.9 Å². The number of nitrogens with zero attached hydrogens (tertiary/aromatic N) is 1. The highest BCUT2D eigenvalue weighted by atomic mass is 16.6. The third-order valence-corrected chi connectivity index (χ3v) is 5.68. The lowest BCUT2D eigenvalue weighted by Crippen LogP contribution is -2.51. The molecule has 3 rings (SSSR count). The Morgan fingerprint density at radius 1 is 1.22 bits per heavy atom. The van der Waals surface area contributed by atoms with Crippen LogP contribution in [0.25, 0.3) is 0 Å². The van der Waals surface area contributed by atoms with Crippen LogP contribution in [0.1, 0.15) is 45.4 Å². The first-order chi connectivity index (χ1) is 13.0. The molecular weight excluding hydrogens is 352 g/mol. The molecule has 1 aliphatic carbocycles. The minimum atomic E-state index is -0.885. The van der Waals surface area contributed by atoms with Gasteiger partial charge in [0.1, 0.15) is 12.6 Å². The Morgan fingerprint density at radius 3 is 2.56 bits per heavy atom. The van der Waals surface area contributed by atoms with Gasteiger partial charge in [0.05, 0.1) is 19.3 Å². The molecule has 2 saturated heterocycles. The zero-order chi connectivity index (χ0) is 19.2. The molecule has 8 nitrogen and oxygen atoms in total. The Bertz CT molecular complexity index is 542. The van der Waals surface area contributed by atoms with Crippen molar-refractivity contribution in [2.24, 2.45) is 5.92 Å². The van der Waals surface area contributed by atoms with Crippen molar-refractivity contribution in [3.05, 3.63) is 0 Å². The van der Waals surface area contributed by atoms with E-state index in [1.54, 1.807) is 11.8 Å². The number of ether oxygens (including phenoxy) is 3. The summed E-state index contributed by atoms with van der Waals surface area (Å²) in [5.74, 6) is -0.190. The molecule has 0 aromatic heterocycles. The summed E-state index contributed by atoms with van der Waals surface area (Å²) >= 11 is 0. The van der Waals surface area contributed by atoms with E-state index in [1.807, 2.05) is 0 Å². The van der Waals surface area contributed by atoms with E-state index in [4.69, 9.17) is 14.2 Å². The number of ketones is 1. The lowest BCUT2D eigenvalue weighted by molar-refractivity contribution is -0.134. The normalized spacial score (nSPS) is 28.0. The minimum absolute atomic E-state index is 0.00692. The molecule has 2 aliphatic heterocycles. The fourth-order valence-corrected chi connectivity index (χ4v) is 3.98. The van der Waals surface area contributed by atoms with Crippen LogP contribution in [0.5, 0.6) is 0 Å². The lowest BCUT2D eigenvalue weighted by Gasteiger charge is -2.30. The summed E-state index contributed by atoms with van der Waals surface area (Å²) in [6, 6.07) is -0.673. The van der Waals surface area contributed by atoms with Gasteiger partial charge < -0.3 is 24.4 Å². The minimum Gasteiger partial charge on any atom is -0.436 e. The topological polar surface area (TPSA) is 94.2 Å². The highest BCUT2D eigenvalue weighted by Gasteiger charge is 2.37. The SMILES string of the molecule is C[C@H]1OCC(=O)[C@H]1NC(=O)C(CC1CCCCC1)OC(=O)N1CCOCC1. The van der Waals surface area contributed by atoms with E-state index < -0.39 is 24.1 Å². The summed E-state index contributed by atoms with van der Waals surface area (Å²) in [5.41, 5.74) is 0. The van der Waals surface area contributed by atoms with Crippen molar-refractivity contribution in [2.45, 2.75) is 63.7 Å². The van der Waals surface area contributed by atoms with Gasteiger partial charge in [-0.2, -0.15) is 0 Å². The van der Waals surface area contributed by atoms with E-state index >= 15 is 0 Å². The van der Waals surface area contributed by atoms with Crippen LogP contribution >= 0.6 is 0 Å². The van der Waals surface area contributed by atoms with E-state index in [-0.39, 0.29) is 18.5 Å². The van der Waals surface area contributed by atoms with E-state index in [0.717, 1.165) is 25.7 Å². The number of amides is 2. The maximum Gasteiger partial charge on any atom is 0.410 e. The number of carbonyl (C=O) groups is 3. The second kappa shape index (κ2) is 9.50. The number of nitrogens with one attached hydrogen (secondary N) is 1. The van der Waals surface area contributed by atoms with Gasteiger partial charge in [-0.25, -0.2) is 4.79 Å². The Hall–Kier alpha value is -1.67. The third kappa shape index (κ3) is 5.42. The Labute approximate surface area is 159 Å². The van der Waals surface area contributed by atoms with Crippen molar-refractivity contribution < 1.29 is 28.6 Å². The fraction of sp³-hybridized carbons (Fsp3) is 0.842. The van der Waals surface area contributed by atoms with E-state index in [2.05, 4.69) is 5.32 Å². The molecule has 8 heteroatoms. The van der Waals surface area contributed by atoms with Gasteiger partial charge in [0.2, 0.25) is 0 Å². The Morgan fingerprint density at radius 2 is 1.93 bits per heavy atom. The first-order valence-corrected chi connectivity index (χ1v) is 10.0. The molecule has 27 heavy (non-hydrogen) atoms. The largest absolute Gasteiger partial charge is 0.436 e. The molecule has 2 heterocycles. The molecule has 3 fully saturated rings. The number of rotatable bonds is 5. The van der Waals surface area contributed by atoms with Gasteiger partial charge in [0, 0.05) is 13.1 Å². The van der Waals surface area contributed by atoms with Crippen LogP contribution in [0.15, 0.2) is 0 Å². The molecule has 0 radical (unpaired) electrons. The van der Waals surface area contributed by atoms with Crippen molar-refractivity contribution in [2.75, 3.05) is 32.9 Å². The number of carbonyl (C=O) groups excluding carboxylic acids is 3. The highest BCUT2D eigenvalue weighted by molar-refractivity contribution is 5.93. The van der Waals surface area contributed by atoms with Crippen LogP contribution in [-0.2, 0) is 23.8 Å². The first kappa shape index (κ1) is 20.1. The van der Waals surface area contributed by atoms with Crippen LogP contribution in [-0.4, -0.2) is 73.8 Å². The molecule has 3 aliphatic rings. The number of Topliss-reactive ketones (excluding diaryl/α,β-unsaturated/α-hetero) is 1. The summed E-state index contributed by atoms with van der Waals surface area (Å²) in [6.07, 6.45) is 4.34. The van der Waals surface area contributed by atoms with E-state index in [9.17, 15) is 14.4 Å². The summed E-state index contributed by atoms with van der Waals surface area (Å²) in [4.78, 5) is 38.8. The zero-order valence-corrected chi connectivity index (χ0v) is 16.0. The van der Waals surface area contributed by atoms with Crippen molar-refractivity contribution >= 4 is 17.8 Å². The number of hydrogen-bond donors (Lipinski definition) is 1. The van der Waals surface area contributed by atoms with Crippen LogP contribution in [0.3, 0.4) is 0 Å². The monoisotopic (exact) mass is 382 g/mol. The fourth-order valence-electron chi connectivity index (χ4n) is 3.98. The summed E-state index contributed by atoms with van der Waals surface area (Å²) < 4.78 is 16.1. The molecular formula is C19H30N2O6. The second-order valence-corrected chi connectivity index (χ2v) is 7.68. The predicted octanol–water partition coefficient (Wildman–Crippen LogP) is 1.27. The van der Waals surface area contributed by atoms with Gasteiger partial charge in [-0.1, -0.05) is 32.1 Å². The van der Waals surface area contributed by atoms with E-state index in [1.165, 1.54) is 6.42 Å². The maximum absolute atomic E-state index is 12.8. The molecule has 1 saturated carbocycles. The average Bonchev–Trinajstić information content (AvgIpc) is 3.01. The molecule has 0 aromatic carbocycles. The lowest BCUT2D eigenvalue weighted by atomic mass is 9.85. The molecule has 2 amide bonds.